The zero-order chi connectivity index (χ0) is 6.57. The summed E-state index contributed by atoms with van der Waals surface area (Å²) in [7, 11) is 0. The third kappa shape index (κ3) is 2.58. The molecule has 3 nitrogen and oxygen atoms in total. The van der Waals surface area contributed by atoms with Crippen LogP contribution in [-0.2, 0) is 4.79 Å². The molecule has 0 aromatic heterocycles. The lowest BCUT2D eigenvalue weighted by Gasteiger charge is -2.08. The van der Waals surface area contributed by atoms with Crippen LogP contribution < -0.4 is 5.11 Å². The highest BCUT2D eigenvalue weighted by molar-refractivity contribution is 5.66. The second-order valence-electron chi connectivity index (χ2n) is 1.73. The van der Waals surface area contributed by atoms with Crippen molar-refractivity contribution in [1.29, 1.82) is 0 Å². The third-order valence-electron chi connectivity index (χ3n) is 0.964. The van der Waals surface area contributed by atoms with Gasteiger partial charge in [0, 0.05) is 12.6 Å². The highest BCUT2D eigenvalue weighted by Crippen LogP contribution is 1.96. The van der Waals surface area contributed by atoms with E-state index in [0.29, 0.717) is 0 Å². The van der Waals surface area contributed by atoms with Crippen molar-refractivity contribution in [3.63, 3.8) is 0 Å². The first-order chi connectivity index (χ1) is 3.68. The van der Waals surface area contributed by atoms with E-state index in [-0.39, 0.29) is 13.0 Å². The van der Waals surface area contributed by atoms with Crippen LogP contribution in [0.25, 0.3) is 0 Å². The zero-order valence-corrected chi connectivity index (χ0v) is 4.76. The molecule has 0 unspecified atom stereocenters. The van der Waals surface area contributed by atoms with E-state index in [1.54, 1.807) is 0 Å². The van der Waals surface area contributed by atoms with Gasteiger partial charge in [0.05, 0.1) is 0 Å². The molecule has 8 heavy (non-hydrogen) atoms. The number of carbonyl (C=O) groups excluding carboxylic acids is 1. The Labute approximate surface area is 47.9 Å². The van der Waals surface area contributed by atoms with Gasteiger partial charge in [-0.3, -0.25) is 0 Å². The maximum Gasteiger partial charge on any atom is 0.0443 e. The fraction of sp³-hybridized carbons (Fsp3) is 0.800. The van der Waals surface area contributed by atoms with Crippen LogP contribution in [-0.4, -0.2) is 17.7 Å². The molecule has 0 aliphatic carbocycles. The topological polar surface area (TPSA) is 60.4 Å². The van der Waals surface area contributed by atoms with Gasteiger partial charge in [-0.2, -0.15) is 0 Å². The molecule has 1 N–H and O–H groups in total. The Balaban J connectivity index is 3.32. The monoisotopic (exact) mass is 117 g/mol. The van der Waals surface area contributed by atoms with Gasteiger partial charge in [0.15, 0.2) is 0 Å². The molecule has 0 aromatic rings. The normalized spacial score (nSPS) is 13.2. The largest absolute Gasteiger partial charge is 0.550 e. The van der Waals surface area contributed by atoms with Gasteiger partial charge in [-0.1, -0.05) is 6.92 Å². The molecule has 0 aromatic carbocycles. The lowest BCUT2D eigenvalue weighted by Crippen LogP contribution is -2.29. The number of aliphatic hydroxyl groups excluding tert-OH is 1. The summed E-state index contributed by atoms with van der Waals surface area (Å²) in [6.07, 6.45) is 0.280. The Bertz CT molecular complexity index is 79.7. The molecule has 0 aliphatic rings. The molecule has 0 aliphatic heterocycles. The number of rotatable bonds is 3. The Morgan fingerprint density at radius 3 is 2.50 bits per heavy atom. The average molecular weight is 117 g/mol. The summed E-state index contributed by atoms with van der Waals surface area (Å²) in [6.45, 7) is 1.42. The van der Waals surface area contributed by atoms with E-state index in [1.165, 1.54) is 6.92 Å². The molecule has 0 spiro atoms. The summed E-state index contributed by atoms with van der Waals surface area (Å²) < 4.78 is 0. The van der Waals surface area contributed by atoms with Gasteiger partial charge in [0.1, 0.15) is 0 Å². The number of aliphatic carboxylic acids is 1. The van der Waals surface area contributed by atoms with E-state index >= 15 is 0 Å². The zero-order valence-electron chi connectivity index (χ0n) is 4.76. The summed E-state index contributed by atoms with van der Waals surface area (Å²) in [5, 5.41) is 18.1. The first-order valence-electron chi connectivity index (χ1n) is 2.50. The van der Waals surface area contributed by atoms with E-state index in [0.717, 1.165) is 0 Å². The molecule has 0 heterocycles. The predicted molar refractivity (Wildman–Crippen MR) is 25.9 cm³/mol. The molecule has 0 saturated heterocycles. The van der Waals surface area contributed by atoms with Crippen molar-refractivity contribution in [1.82, 2.24) is 0 Å². The molecule has 0 fully saturated rings. The van der Waals surface area contributed by atoms with E-state index in [1.807, 2.05) is 0 Å². The van der Waals surface area contributed by atoms with E-state index < -0.39 is 11.9 Å². The Hall–Kier alpha value is -0.570. The highest BCUT2D eigenvalue weighted by Gasteiger charge is 1.98. The molecule has 0 bridgehead atoms. The molecular weight excluding hydrogens is 108 g/mol. The van der Waals surface area contributed by atoms with Gasteiger partial charge in [-0.15, -0.1) is 0 Å². The molecular formula is C5H9O3-. The Kier molecular flexibility index (Phi) is 3.19. The van der Waals surface area contributed by atoms with E-state index in [4.69, 9.17) is 5.11 Å². The summed E-state index contributed by atoms with van der Waals surface area (Å²) in [5.74, 6) is -1.63. The minimum absolute atomic E-state index is 0.0881. The van der Waals surface area contributed by atoms with Crippen LogP contribution in [0.15, 0.2) is 0 Å². The minimum Gasteiger partial charge on any atom is -0.550 e. The minimum atomic E-state index is -1.10. The second-order valence-corrected chi connectivity index (χ2v) is 1.73. The van der Waals surface area contributed by atoms with Crippen molar-refractivity contribution in [2.24, 2.45) is 5.92 Å². The third-order valence-corrected chi connectivity index (χ3v) is 0.964. The standard InChI is InChI=1S/C5H10O3/c1-4(2-3-6)5(7)8/h4,6H,2-3H2,1H3,(H,7,8)/p-1/t4-/m1/s1. The molecule has 1 atom stereocenters. The van der Waals surface area contributed by atoms with Crippen molar-refractivity contribution in [3.05, 3.63) is 0 Å². The van der Waals surface area contributed by atoms with Crippen LogP contribution in [0, 0.1) is 5.92 Å². The maximum atomic E-state index is 9.87. The van der Waals surface area contributed by atoms with Gasteiger partial charge in [-0.05, 0) is 12.3 Å². The molecule has 0 saturated carbocycles. The molecule has 48 valence electrons. The molecule has 0 amide bonds. The van der Waals surface area contributed by atoms with E-state index in [2.05, 4.69) is 0 Å². The fourth-order valence-corrected chi connectivity index (χ4v) is 0.312. The van der Waals surface area contributed by atoms with Crippen LogP contribution in [0.4, 0.5) is 0 Å². The summed E-state index contributed by atoms with van der Waals surface area (Å²) in [4.78, 5) is 9.87. The lowest BCUT2D eigenvalue weighted by molar-refractivity contribution is -0.311. The van der Waals surface area contributed by atoms with Gasteiger partial charge in [0.25, 0.3) is 0 Å². The number of aliphatic hydroxyl groups is 1. The van der Waals surface area contributed by atoms with Crippen molar-refractivity contribution >= 4 is 5.97 Å². The van der Waals surface area contributed by atoms with Crippen LogP contribution in [0.1, 0.15) is 13.3 Å². The summed E-state index contributed by atoms with van der Waals surface area (Å²) in [6, 6.07) is 0. The molecule has 3 heteroatoms. The second kappa shape index (κ2) is 3.43. The number of carboxylic acid groups (broad SMARTS) is 1. The van der Waals surface area contributed by atoms with Gasteiger partial charge >= 0.3 is 0 Å². The maximum absolute atomic E-state index is 9.87. The SMILES string of the molecule is C[C@H](CCO)C(=O)[O-]. The van der Waals surface area contributed by atoms with Crippen LogP contribution in [0.2, 0.25) is 0 Å². The van der Waals surface area contributed by atoms with Crippen LogP contribution in [0.3, 0.4) is 0 Å². The van der Waals surface area contributed by atoms with Crippen molar-refractivity contribution in [2.45, 2.75) is 13.3 Å². The summed E-state index contributed by atoms with van der Waals surface area (Å²) >= 11 is 0. The number of carboxylic acids is 1. The van der Waals surface area contributed by atoms with E-state index in [9.17, 15) is 9.90 Å². The summed E-state index contributed by atoms with van der Waals surface area (Å²) in [5.41, 5.74) is 0. The number of hydrogen-bond acceptors (Lipinski definition) is 3. The van der Waals surface area contributed by atoms with Gasteiger partial charge < -0.3 is 15.0 Å². The molecule has 0 radical (unpaired) electrons. The lowest BCUT2D eigenvalue weighted by atomic mass is 10.1. The quantitative estimate of drug-likeness (QED) is 0.502. The molecule has 0 rings (SSSR count). The first kappa shape index (κ1) is 7.43. The van der Waals surface area contributed by atoms with Crippen LogP contribution in [0.5, 0.6) is 0 Å². The average Bonchev–Trinajstić information content (AvgIpc) is 1.67. The smallest absolute Gasteiger partial charge is 0.0443 e. The Morgan fingerprint density at radius 2 is 2.38 bits per heavy atom. The van der Waals surface area contributed by atoms with Crippen molar-refractivity contribution in [2.75, 3.05) is 6.61 Å². The predicted octanol–water partition coefficient (Wildman–Crippen LogP) is -1.25. The Morgan fingerprint density at radius 1 is 1.88 bits per heavy atom. The number of carbonyl (C=O) groups is 1. The van der Waals surface area contributed by atoms with Crippen molar-refractivity contribution < 1.29 is 15.0 Å². The van der Waals surface area contributed by atoms with Crippen LogP contribution >= 0.6 is 0 Å². The highest BCUT2D eigenvalue weighted by atomic mass is 16.4. The van der Waals surface area contributed by atoms with Crippen molar-refractivity contribution in [3.8, 4) is 0 Å². The first-order valence-corrected chi connectivity index (χ1v) is 2.50. The van der Waals surface area contributed by atoms with Gasteiger partial charge in [0.2, 0.25) is 0 Å². The fourth-order valence-electron chi connectivity index (χ4n) is 0.312. The van der Waals surface area contributed by atoms with Gasteiger partial charge in [-0.25, -0.2) is 0 Å². The number of hydrogen-bond donors (Lipinski definition) is 1.